The van der Waals surface area contributed by atoms with Crippen molar-refractivity contribution in [1.82, 2.24) is 9.78 Å². The van der Waals surface area contributed by atoms with Crippen LogP contribution >= 0.6 is 0 Å². The number of rotatable bonds is 4. The molecule has 1 N–H and O–H groups in total. The fourth-order valence-corrected chi connectivity index (χ4v) is 6.53. The average Bonchev–Trinajstić information content (AvgIpc) is 3.32. The van der Waals surface area contributed by atoms with Gasteiger partial charge in [0.2, 0.25) is 0 Å². The maximum Gasteiger partial charge on any atom is 0.115 e. The van der Waals surface area contributed by atoms with Crippen LogP contribution in [-0.4, -0.2) is 26.8 Å². The Kier molecular flexibility index (Phi) is 5.00. The SMILES string of the molecule is CCCn1nccc1/C=N\N=C1\CC[C@@H]2[C@@H]3CCc4cc(O)ccc4[C@@H]3CC[C@]12C. The highest BCUT2D eigenvalue weighted by Gasteiger charge is 2.53. The van der Waals surface area contributed by atoms with E-state index in [1.54, 1.807) is 0 Å². The van der Waals surface area contributed by atoms with Crippen LogP contribution in [0.25, 0.3) is 0 Å². The Balaban J connectivity index is 1.36. The smallest absolute Gasteiger partial charge is 0.115 e. The van der Waals surface area contributed by atoms with Gasteiger partial charge in [-0.05, 0) is 92.0 Å². The van der Waals surface area contributed by atoms with Crippen LogP contribution in [0.5, 0.6) is 5.75 Å². The molecule has 158 valence electrons. The van der Waals surface area contributed by atoms with Gasteiger partial charge in [-0.15, -0.1) is 0 Å². The van der Waals surface area contributed by atoms with E-state index in [-0.39, 0.29) is 5.41 Å². The average molecular weight is 405 g/mol. The number of aromatic nitrogens is 2. The number of fused-ring (bicyclic) bond motifs is 5. The molecule has 3 aliphatic carbocycles. The maximum atomic E-state index is 9.87. The lowest BCUT2D eigenvalue weighted by Gasteiger charge is -2.49. The van der Waals surface area contributed by atoms with Gasteiger partial charge in [0, 0.05) is 23.9 Å². The zero-order chi connectivity index (χ0) is 20.7. The summed E-state index contributed by atoms with van der Waals surface area (Å²) in [5.74, 6) is 2.46. The van der Waals surface area contributed by atoms with Crippen LogP contribution in [0.4, 0.5) is 0 Å². The molecule has 2 fully saturated rings. The number of benzene rings is 1. The van der Waals surface area contributed by atoms with E-state index in [9.17, 15) is 5.11 Å². The first-order valence-electron chi connectivity index (χ1n) is 11.5. The topological polar surface area (TPSA) is 62.8 Å². The minimum Gasteiger partial charge on any atom is -0.508 e. The summed E-state index contributed by atoms with van der Waals surface area (Å²) in [7, 11) is 0. The van der Waals surface area contributed by atoms with Crippen LogP contribution in [0, 0.1) is 17.3 Å². The summed E-state index contributed by atoms with van der Waals surface area (Å²) < 4.78 is 1.99. The van der Waals surface area contributed by atoms with Crippen molar-refractivity contribution in [2.75, 3.05) is 0 Å². The zero-order valence-corrected chi connectivity index (χ0v) is 18.1. The Morgan fingerprint density at radius 3 is 3.00 bits per heavy atom. The summed E-state index contributed by atoms with van der Waals surface area (Å²) in [6, 6.07) is 8.03. The molecule has 2 aromatic rings. The van der Waals surface area contributed by atoms with Gasteiger partial charge in [0.25, 0.3) is 0 Å². The Hall–Kier alpha value is -2.43. The number of aromatic hydroxyl groups is 1. The highest BCUT2D eigenvalue weighted by molar-refractivity contribution is 5.93. The molecule has 0 bridgehead atoms. The first-order valence-corrected chi connectivity index (χ1v) is 11.5. The maximum absolute atomic E-state index is 9.87. The van der Waals surface area contributed by atoms with E-state index >= 15 is 0 Å². The van der Waals surface area contributed by atoms with Crippen LogP contribution in [0.15, 0.2) is 40.7 Å². The number of hydrogen-bond acceptors (Lipinski definition) is 4. The van der Waals surface area contributed by atoms with Crippen LogP contribution in [-0.2, 0) is 13.0 Å². The normalized spacial score (nSPS) is 31.7. The Morgan fingerprint density at radius 1 is 1.23 bits per heavy atom. The number of aryl methyl sites for hydroxylation is 2. The Morgan fingerprint density at radius 2 is 2.13 bits per heavy atom. The standard InChI is InChI=1S/C25H32N4O/c1-3-14-29-18(11-13-27-29)16-26-28-24-9-8-23-22-6-4-17-15-19(30)5-7-20(17)21(22)10-12-25(23,24)2/h5,7,11,13,15-16,21-23,30H,3-4,6,8-10,12,14H2,1-2H3/b26-16-,28-24-/t21-,22+,23+,25-/m0/s1. The third kappa shape index (κ3) is 3.19. The van der Waals surface area contributed by atoms with Gasteiger partial charge in [-0.2, -0.15) is 15.3 Å². The summed E-state index contributed by atoms with van der Waals surface area (Å²) in [6.07, 6.45) is 11.8. The number of phenolic OH excluding ortho intramolecular Hbond substituents is 1. The summed E-state index contributed by atoms with van der Waals surface area (Å²) in [5.41, 5.74) is 5.34. The van der Waals surface area contributed by atoms with E-state index < -0.39 is 0 Å². The van der Waals surface area contributed by atoms with Gasteiger partial charge in [0.05, 0.1) is 11.9 Å². The van der Waals surface area contributed by atoms with E-state index in [0.717, 1.165) is 37.4 Å². The van der Waals surface area contributed by atoms with Gasteiger partial charge < -0.3 is 5.11 Å². The lowest BCUT2D eigenvalue weighted by Crippen LogP contribution is -2.42. The lowest BCUT2D eigenvalue weighted by molar-refractivity contribution is 0.0955. The summed E-state index contributed by atoms with van der Waals surface area (Å²) in [5, 5.41) is 23.5. The predicted octanol–water partition coefficient (Wildman–Crippen LogP) is 5.33. The van der Waals surface area contributed by atoms with Crippen molar-refractivity contribution in [3.05, 3.63) is 47.3 Å². The summed E-state index contributed by atoms with van der Waals surface area (Å²) in [6.45, 7) is 5.50. The second-order valence-electron chi connectivity index (χ2n) is 9.56. The molecule has 0 radical (unpaired) electrons. The van der Waals surface area contributed by atoms with Crippen LogP contribution < -0.4 is 0 Å². The number of hydrogen-bond donors (Lipinski definition) is 1. The van der Waals surface area contributed by atoms with E-state index in [4.69, 9.17) is 5.10 Å². The fourth-order valence-electron chi connectivity index (χ4n) is 6.53. The molecule has 0 saturated heterocycles. The van der Waals surface area contributed by atoms with Gasteiger partial charge in [0.1, 0.15) is 5.75 Å². The van der Waals surface area contributed by atoms with Crippen LogP contribution in [0.1, 0.15) is 75.1 Å². The molecule has 5 heteroatoms. The van der Waals surface area contributed by atoms with Crippen molar-refractivity contribution >= 4 is 11.9 Å². The number of nitrogens with zero attached hydrogens (tertiary/aromatic N) is 4. The Bertz CT molecular complexity index is 991. The Labute approximate surface area is 178 Å². The molecule has 1 heterocycles. The predicted molar refractivity (Wildman–Crippen MR) is 120 cm³/mol. The van der Waals surface area contributed by atoms with Crippen molar-refractivity contribution in [3.63, 3.8) is 0 Å². The molecule has 5 nitrogen and oxygen atoms in total. The second-order valence-corrected chi connectivity index (χ2v) is 9.56. The largest absolute Gasteiger partial charge is 0.508 e. The van der Waals surface area contributed by atoms with Crippen molar-refractivity contribution in [2.24, 2.45) is 27.5 Å². The molecule has 0 unspecified atom stereocenters. The summed E-state index contributed by atoms with van der Waals surface area (Å²) in [4.78, 5) is 0. The molecule has 2 saturated carbocycles. The minimum absolute atomic E-state index is 0.177. The zero-order valence-electron chi connectivity index (χ0n) is 18.1. The van der Waals surface area contributed by atoms with Crippen LogP contribution in [0.2, 0.25) is 0 Å². The first-order chi connectivity index (χ1) is 14.6. The van der Waals surface area contributed by atoms with Crippen molar-refractivity contribution < 1.29 is 5.11 Å². The van der Waals surface area contributed by atoms with E-state index in [1.165, 1.54) is 42.5 Å². The van der Waals surface area contributed by atoms with Crippen molar-refractivity contribution in [1.29, 1.82) is 0 Å². The third-order valence-corrected chi connectivity index (χ3v) is 8.00. The van der Waals surface area contributed by atoms with E-state index in [2.05, 4.69) is 30.1 Å². The van der Waals surface area contributed by atoms with Gasteiger partial charge in [-0.1, -0.05) is 19.9 Å². The lowest BCUT2D eigenvalue weighted by atomic mass is 9.55. The van der Waals surface area contributed by atoms with Gasteiger partial charge in [-0.25, -0.2) is 0 Å². The molecule has 0 spiro atoms. The molecule has 1 aromatic heterocycles. The quantitative estimate of drug-likeness (QED) is 0.553. The monoisotopic (exact) mass is 404 g/mol. The van der Waals surface area contributed by atoms with Crippen LogP contribution in [0.3, 0.4) is 0 Å². The molecule has 1 aromatic carbocycles. The van der Waals surface area contributed by atoms with E-state index in [0.29, 0.717) is 17.6 Å². The van der Waals surface area contributed by atoms with Gasteiger partial charge in [0.15, 0.2) is 0 Å². The molecule has 30 heavy (non-hydrogen) atoms. The fraction of sp³-hybridized carbons (Fsp3) is 0.560. The molecule has 5 rings (SSSR count). The van der Waals surface area contributed by atoms with Gasteiger partial charge >= 0.3 is 0 Å². The van der Waals surface area contributed by atoms with Crippen molar-refractivity contribution in [2.45, 2.75) is 71.3 Å². The third-order valence-electron chi connectivity index (χ3n) is 8.00. The minimum atomic E-state index is 0.177. The highest BCUT2D eigenvalue weighted by atomic mass is 16.3. The molecular formula is C25H32N4O. The number of phenols is 1. The molecule has 0 aliphatic heterocycles. The molecule has 3 aliphatic rings. The summed E-state index contributed by atoms with van der Waals surface area (Å²) >= 11 is 0. The van der Waals surface area contributed by atoms with Gasteiger partial charge in [-0.3, -0.25) is 4.68 Å². The highest BCUT2D eigenvalue weighted by Crippen LogP contribution is 2.60. The first kappa shape index (κ1) is 19.5. The van der Waals surface area contributed by atoms with E-state index in [1.807, 2.05) is 35.3 Å². The molecule has 0 amide bonds. The second kappa shape index (κ2) is 7.68. The molecular weight excluding hydrogens is 372 g/mol. The molecule has 4 atom stereocenters. The van der Waals surface area contributed by atoms with Crippen molar-refractivity contribution in [3.8, 4) is 5.75 Å².